The zero-order valence-corrected chi connectivity index (χ0v) is 11.7. The first-order valence-electron chi connectivity index (χ1n) is 6.78. The van der Waals surface area contributed by atoms with Gasteiger partial charge in [-0.25, -0.2) is 9.97 Å². The van der Waals surface area contributed by atoms with E-state index in [-0.39, 0.29) is 5.91 Å². The van der Waals surface area contributed by atoms with Crippen LogP contribution in [-0.4, -0.2) is 29.0 Å². The van der Waals surface area contributed by atoms with Crippen molar-refractivity contribution in [2.75, 3.05) is 17.7 Å². The summed E-state index contributed by atoms with van der Waals surface area (Å²) in [6.45, 7) is 0. The molecule has 0 unspecified atom stereocenters. The number of methoxy groups -OCH3 is 1. The van der Waals surface area contributed by atoms with Gasteiger partial charge in [0.2, 0.25) is 0 Å². The summed E-state index contributed by atoms with van der Waals surface area (Å²) >= 11 is 0. The van der Waals surface area contributed by atoms with Crippen molar-refractivity contribution in [3.8, 4) is 5.75 Å². The number of rotatable bonds is 5. The Morgan fingerprint density at radius 1 is 1.29 bits per heavy atom. The lowest BCUT2D eigenvalue weighted by molar-refractivity contribution is 0.102. The molecule has 0 radical (unpaired) electrons. The van der Waals surface area contributed by atoms with Crippen LogP contribution in [0, 0.1) is 0 Å². The van der Waals surface area contributed by atoms with Gasteiger partial charge in [0.05, 0.1) is 7.11 Å². The van der Waals surface area contributed by atoms with Crippen molar-refractivity contribution < 1.29 is 9.53 Å². The summed E-state index contributed by atoms with van der Waals surface area (Å²) in [6, 6.07) is 9.32. The molecule has 1 aliphatic carbocycles. The molecule has 2 aromatic rings. The Morgan fingerprint density at radius 2 is 2.14 bits per heavy atom. The predicted molar refractivity (Wildman–Crippen MR) is 79.6 cm³/mol. The molecule has 1 aromatic carbocycles. The van der Waals surface area contributed by atoms with Crippen LogP contribution in [0.25, 0.3) is 0 Å². The van der Waals surface area contributed by atoms with E-state index in [9.17, 15) is 4.79 Å². The van der Waals surface area contributed by atoms with Crippen molar-refractivity contribution in [3.63, 3.8) is 0 Å². The summed E-state index contributed by atoms with van der Waals surface area (Å²) in [5.41, 5.74) is 0.991. The molecule has 1 aromatic heterocycles. The van der Waals surface area contributed by atoms with E-state index in [4.69, 9.17) is 4.74 Å². The van der Waals surface area contributed by atoms with Crippen LogP contribution in [0.3, 0.4) is 0 Å². The lowest BCUT2D eigenvalue weighted by atomic mass is 10.3. The van der Waals surface area contributed by atoms with Crippen LogP contribution < -0.4 is 15.4 Å². The van der Waals surface area contributed by atoms with Crippen molar-refractivity contribution in [2.45, 2.75) is 18.9 Å². The standard InChI is InChI=1S/C15H16N4O2/c1-21-12-4-2-3-11(7-12)19-15(20)13-8-14(17-9-16-13)18-10-5-6-10/h2-4,7-10H,5-6H2,1H3,(H,19,20)(H,16,17,18). The molecule has 0 atom stereocenters. The van der Waals surface area contributed by atoms with Crippen molar-refractivity contribution in [1.29, 1.82) is 0 Å². The summed E-state index contributed by atoms with van der Waals surface area (Å²) in [5, 5.41) is 6.03. The topological polar surface area (TPSA) is 76.1 Å². The summed E-state index contributed by atoms with van der Waals surface area (Å²) in [6.07, 6.45) is 3.69. The van der Waals surface area contributed by atoms with Gasteiger partial charge in [-0.3, -0.25) is 4.79 Å². The number of hydrogen-bond donors (Lipinski definition) is 2. The molecular weight excluding hydrogens is 268 g/mol. The maximum Gasteiger partial charge on any atom is 0.274 e. The Labute approximate surface area is 122 Å². The normalized spacial score (nSPS) is 13.6. The summed E-state index contributed by atoms with van der Waals surface area (Å²) < 4.78 is 5.12. The average molecular weight is 284 g/mol. The third kappa shape index (κ3) is 3.47. The van der Waals surface area contributed by atoms with E-state index in [0.717, 1.165) is 12.8 Å². The molecule has 108 valence electrons. The van der Waals surface area contributed by atoms with Gasteiger partial charge in [0, 0.05) is 23.9 Å². The number of ether oxygens (including phenoxy) is 1. The van der Waals surface area contributed by atoms with Gasteiger partial charge >= 0.3 is 0 Å². The zero-order chi connectivity index (χ0) is 14.7. The second kappa shape index (κ2) is 5.78. The molecule has 1 aliphatic rings. The maximum atomic E-state index is 12.2. The molecule has 0 aliphatic heterocycles. The lowest BCUT2D eigenvalue weighted by Gasteiger charge is -2.08. The van der Waals surface area contributed by atoms with Crippen LogP contribution in [0.2, 0.25) is 0 Å². The van der Waals surface area contributed by atoms with Gasteiger partial charge in [-0.2, -0.15) is 0 Å². The Bertz CT molecular complexity index is 656. The number of benzene rings is 1. The van der Waals surface area contributed by atoms with Gasteiger partial charge in [-0.1, -0.05) is 6.07 Å². The molecule has 0 bridgehead atoms. The fourth-order valence-electron chi connectivity index (χ4n) is 1.89. The highest BCUT2D eigenvalue weighted by Crippen LogP contribution is 2.23. The number of carbonyl (C=O) groups is 1. The number of nitrogens with one attached hydrogen (secondary N) is 2. The third-order valence-electron chi connectivity index (χ3n) is 3.16. The molecule has 1 amide bonds. The Hall–Kier alpha value is -2.63. The van der Waals surface area contributed by atoms with Crippen LogP contribution in [0.4, 0.5) is 11.5 Å². The fourth-order valence-corrected chi connectivity index (χ4v) is 1.89. The predicted octanol–water partition coefficient (Wildman–Crippen LogP) is 2.31. The van der Waals surface area contributed by atoms with E-state index >= 15 is 0 Å². The molecular formula is C15H16N4O2. The first-order chi connectivity index (χ1) is 10.2. The second-order valence-corrected chi connectivity index (χ2v) is 4.89. The first kappa shape index (κ1) is 13.4. The van der Waals surface area contributed by atoms with Gasteiger partial charge in [-0.15, -0.1) is 0 Å². The average Bonchev–Trinajstić information content (AvgIpc) is 3.31. The molecule has 1 heterocycles. The number of nitrogens with zero attached hydrogens (tertiary/aromatic N) is 2. The Balaban J connectivity index is 1.71. The van der Waals surface area contributed by atoms with Crippen molar-refractivity contribution in [1.82, 2.24) is 9.97 Å². The van der Waals surface area contributed by atoms with Crippen molar-refractivity contribution in [3.05, 3.63) is 42.4 Å². The summed E-state index contributed by atoms with van der Waals surface area (Å²) in [7, 11) is 1.58. The molecule has 3 rings (SSSR count). The molecule has 0 spiro atoms. The summed E-state index contributed by atoms with van der Waals surface area (Å²) in [4.78, 5) is 20.3. The number of aromatic nitrogens is 2. The SMILES string of the molecule is COc1cccc(NC(=O)c2cc(NC3CC3)ncn2)c1. The minimum atomic E-state index is -0.274. The molecule has 21 heavy (non-hydrogen) atoms. The highest BCUT2D eigenvalue weighted by Gasteiger charge is 2.21. The molecule has 1 fully saturated rings. The summed E-state index contributed by atoms with van der Waals surface area (Å²) in [5.74, 6) is 1.10. The fraction of sp³-hybridized carbons (Fsp3) is 0.267. The van der Waals surface area contributed by atoms with Crippen molar-refractivity contribution in [2.24, 2.45) is 0 Å². The second-order valence-electron chi connectivity index (χ2n) is 4.89. The number of anilines is 2. The Kier molecular flexibility index (Phi) is 3.68. The molecule has 1 saturated carbocycles. The van der Waals surface area contributed by atoms with E-state index in [0.29, 0.717) is 29.0 Å². The van der Waals surface area contributed by atoms with Crippen LogP contribution in [0.5, 0.6) is 5.75 Å². The maximum absolute atomic E-state index is 12.2. The van der Waals surface area contributed by atoms with Crippen LogP contribution in [-0.2, 0) is 0 Å². The van der Waals surface area contributed by atoms with Gasteiger partial charge in [0.25, 0.3) is 5.91 Å². The molecule has 0 saturated heterocycles. The lowest BCUT2D eigenvalue weighted by Crippen LogP contribution is -2.15. The first-order valence-corrected chi connectivity index (χ1v) is 6.78. The van der Waals surface area contributed by atoms with E-state index in [2.05, 4.69) is 20.6 Å². The Morgan fingerprint density at radius 3 is 2.90 bits per heavy atom. The van der Waals surface area contributed by atoms with Gasteiger partial charge in [0.15, 0.2) is 0 Å². The highest BCUT2D eigenvalue weighted by molar-refractivity contribution is 6.03. The van der Waals surface area contributed by atoms with E-state index < -0.39 is 0 Å². The number of hydrogen-bond acceptors (Lipinski definition) is 5. The van der Waals surface area contributed by atoms with Crippen LogP contribution in [0.1, 0.15) is 23.3 Å². The van der Waals surface area contributed by atoms with Gasteiger partial charge in [0.1, 0.15) is 23.6 Å². The molecule has 6 nitrogen and oxygen atoms in total. The minimum Gasteiger partial charge on any atom is -0.497 e. The highest BCUT2D eigenvalue weighted by atomic mass is 16.5. The quantitative estimate of drug-likeness (QED) is 0.881. The van der Waals surface area contributed by atoms with Gasteiger partial charge < -0.3 is 15.4 Å². The van der Waals surface area contributed by atoms with Crippen LogP contribution in [0.15, 0.2) is 36.7 Å². The van der Waals surface area contributed by atoms with E-state index in [1.807, 2.05) is 12.1 Å². The number of carbonyl (C=O) groups excluding carboxylic acids is 1. The third-order valence-corrected chi connectivity index (χ3v) is 3.16. The van der Waals surface area contributed by atoms with Crippen molar-refractivity contribution >= 4 is 17.4 Å². The van der Waals surface area contributed by atoms with E-state index in [1.165, 1.54) is 6.33 Å². The molecule has 2 N–H and O–H groups in total. The smallest absolute Gasteiger partial charge is 0.274 e. The largest absolute Gasteiger partial charge is 0.497 e. The van der Waals surface area contributed by atoms with Crippen LogP contribution >= 0.6 is 0 Å². The number of amides is 1. The monoisotopic (exact) mass is 284 g/mol. The zero-order valence-electron chi connectivity index (χ0n) is 11.7. The molecule has 6 heteroatoms. The van der Waals surface area contributed by atoms with Gasteiger partial charge in [-0.05, 0) is 25.0 Å². The van der Waals surface area contributed by atoms with E-state index in [1.54, 1.807) is 25.3 Å². The minimum absolute atomic E-state index is 0.274.